The Kier molecular flexibility index (Phi) is 7.30. The van der Waals surface area contributed by atoms with Gasteiger partial charge in [0.05, 0.1) is 12.7 Å². The summed E-state index contributed by atoms with van der Waals surface area (Å²) in [5.41, 5.74) is 0. The second-order valence-electron chi connectivity index (χ2n) is 2.89. The van der Waals surface area contributed by atoms with Gasteiger partial charge in [0.1, 0.15) is 0 Å². The van der Waals surface area contributed by atoms with Gasteiger partial charge in [-0.3, -0.25) is 0 Å². The second-order valence-corrected chi connectivity index (χ2v) is 2.89. The SMILES string of the molecule is C=CC(=O)OCC.OC1CCCC1. The van der Waals surface area contributed by atoms with Crippen LogP contribution in [0.3, 0.4) is 0 Å². The average Bonchev–Trinajstić information content (AvgIpc) is 2.57. The molecule has 0 amide bonds. The Morgan fingerprint density at radius 2 is 2.15 bits per heavy atom. The zero-order valence-corrected chi connectivity index (χ0v) is 8.16. The van der Waals surface area contributed by atoms with Crippen LogP contribution in [0.5, 0.6) is 0 Å². The molecular weight excluding hydrogens is 168 g/mol. The Bertz CT molecular complexity index is 148. The van der Waals surface area contributed by atoms with Crippen molar-refractivity contribution in [1.29, 1.82) is 0 Å². The minimum atomic E-state index is -0.359. The van der Waals surface area contributed by atoms with Crippen molar-refractivity contribution in [2.45, 2.75) is 38.7 Å². The summed E-state index contributed by atoms with van der Waals surface area (Å²) in [5.74, 6) is -0.359. The van der Waals surface area contributed by atoms with Crippen molar-refractivity contribution >= 4 is 5.97 Å². The molecule has 76 valence electrons. The van der Waals surface area contributed by atoms with E-state index in [0.29, 0.717) is 6.61 Å². The summed E-state index contributed by atoms with van der Waals surface area (Å²) < 4.78 is 4.43. The van der Waals surface area contributed by atoms with Crippen LogP contribution in [0, 0.1) is 0 Å². The zero-order chi connectivity index (χ0) is 10.1. The van der Waals surface area contributed by atoms with E-state index >= 15 is 0 Å². The van der Waals surface area contributed by atoms with Gasteiger partial charge in [0.15, 0.2) is 0 Å². The molecule has 13 heavy (non-hydrogen) atoms. The summed E-state index contributed by atoms with van der Waals surface area (Å²) in [7, 11) is 0. The van der Waals surface area contributed by atoms with E-state index < -0.39 is 0 Å². The molecule has 1 saturated carbocycles. The highest BCUT2D eigenvalue weighted by molar-refractivity contribution is 5.81. The van der Waals surface area contributed by atoms with Crippen LogP contribution >= 0.6 is 0 Å². The number of aliphatic hydroxyl groups excluding tert-OH is 1. The van der Waals surface area contributed by atoms with Crippen LogP contribution in [0.2, 0.25) is 0 Å². The molecule has 0 heterocycles. The number of hydrogen-bond acceptors (Lipinski definition) is 3. The summed E-state index contributed by atoms with van der Waals surface area (Å²) in [6.07, 6.45) is 5.75. The summed E-state index contributed by atoms with van der Waals surface area (Å²) in [4.78, 5) is 10.1. The van der Waals surface area contributed by atoms with Crippen molar-refractivity contribution in [3.8, 4) is 0 Å². The van der Waals surface area contributed by atoms with Crippen LogP contribution in [-0.4, -0.2) is 23.8 Å². The second kappa shape index (κ2) is 7.80. The lowest BCUT2D eigenvalue weighted by atomic mass is 10.3. The van der Waals surface area contributed by atoms with Crippen molar-refractivity contribution < 1.29 is 14.6 Å². The molecule has 0 saturated heterocycles. The Labute approximate surface area is 79.4 Å². The Morgan fingerprint density at radius 3 is 2.31 bits per heavy atom. The van der Waals surface area contributed by atoms with E-state index in [0.717, 1.165) is 18.9 Å². The predicted octanol–water partition coefficient (Wildman–Crippen LogP) is 1.66. The van der Waals surface area contributed by atoms with Crippen molar-refractivity contribution in [1.82, 2.24) is 0 Å². The van der Waals surface area contributed by atoms with Gasteiger partial charge in [0.25, 0.3) is 0 Å². The van der Waals surface area contributed by atoms with Crippen LogP contribution < -0.4 is 0 Å². The van der Waals surface area contributed by atoms with Crippen LogP contribution in [-0.2, 0) is 9.53 Å². The minimum absolute atomic E-state index is 0.0463. The molecule has 0 aliphatic heterocycles. The van der Waals surface area contributed by atoms with E-state index in [1.165, 1.54) is 12.8 Å². The molecule has 0 aromatic carbocycles. The average molecular weight is 186 g/mol. The largest absolute Gasteiger partial charge is 0.463 e. The van der Waals surface area contributed by atoms with Gasteiger partial charge >= 0.3 is 5.97 Å². The van der Waals surface area contributed by atoms with Crippen LogP contribution in [0.4, 0.5) is 0 Å². The summed E-state index contributed by atoms with van der Waals surface area (Å²) >= 11 is 0. The van der Waals surface area contributed by atoms with Crippen molar-refractivity contribution in [2.24, 2.45) is 0 Å². The molecule has 0 spiro atoms. The van der Waals surface area contributed by atoms with E-state index in [-0.39, 0.29) is 12.1 Å². The van der Waals surface area contributed by atoms with Gasteiger partial charge in [0, 0.05) is 6.08 Å². The molecule has 3 heteroatoms. The fourth-order valence-corrected chi connectivity index (χ4v) is 1.11. The van der Waals surface area contributed by atoms with Crippen LogP contribution in [0.1, 0.15) is 32.6 Å². The number of hydrogen-bond donors (Lipinski definition) is 1. The number of rotatable bonds is 2. The van der Waals surface area contributed by atoms with Crippen molar-refractivity contribution in [3.63, 3.8) is 0 Å². The summed E-state index contributed by atoms with van der Waals surface area (Å²) in [6.45, 7) is 5.38. The van der Waals surface area contributed by atoms with E-state index in [9.17, 15) is 4.79 Å². The first-order valence-corrected chi connectivity index (χ1v) is 4.68. The van der Waals surface area contributed by atoms with Gasteiger partial charge in [0.2, 0.25) is 0 Å². The lowest BCUT2D eigenvalue weighted by molar-refractivity contribution is -0.137. The van der Waals surface area contributed by atoms with Crippen molar-refractivity contribution in [2.75, 3.05) is 6.61 Å². The van der Waals surface area contributed by atoms with Gasteiger partial charge in [-0.2, -0.15) is 0 Å². The predicted molar refractivity (Wildman–Crippen MR) is 51.3 cm³/mol. The van der Waals surface area contributed by atoms with Gasteiger partial charge < -0.3 is 9.84 Å². The topological polar surface area (TPSA) is 46.5 Å². The number of esters is 1. The standard InChI is InChI=1S/C5H8O2.C5H10O/c1-3-5(6)7-4-2;6-5-3-1-2-4-5/h3H,1,4H2,2H3;5-6H,1-4H2. The molecule has 1 rings (SSSR count). The zero-order valence-electron chi connectivity index (χ0n) is 8.16. The first-order chi connectivity index (χ1) is 6.20. The fraction of sp³-hybridized carbons (Fsp3) is 0.700. The molecule has 0 radical (unpaired) electrons. The van der Waals surface area contributed by atoms with Crippen LogP contribution in [0.25, 0.3) is 0 Å². The molecular formula is C10H18O3. The molecule has 0 atom stereocenters. The molecule has 3 nitrogen and oxygen atoms in total. The highest BCUT2D eigenvalue weighted by Crippen LogP contribution is 2.16. The first-order valence-electron chi connectivity index (χ1n) is 4.68. The highest BCUT2D eigenvalue weighted by Gasteiger charge is 2.09. The van der Waals surface area contributed by atoms with Crippen LogP contribution in [0.15, 0.2) is 12.7 Å². The van der Waals surface area contributed by atoms with Gasteiger partial charge in [-0.1, -0.05) is 19.4 Å². The lowest BCUT2D eigenvalue weighted by Crippen LogP contribution is -1.97. The minimum Gasteiger partial charge on any atom is -0.463 e. The van der Waals surface area contributed by atoms with Gasteiger partial charge in [-0.05, 0) is 19.8 Å². The fourth-order valence-electron chi connectivity index (χ4n) is 1.11. The van der Waals surface area contributed by atoms with Gasteiger partial charge in [-0.25, -0.2) is 4.79 Å². The smallest absolute Gasteiger partial charge is 0.330 e. The molecule has 1 aliphatic carbocycles. The Hall–Kier alpha value is -0.830. The third-order valence-corrected chi connectivity index (χ3v) is 1.78. The monoisotopic (exact) mass is 186 g/mol. The van der Waals surface area contributed by atoms with E-state index in [2.05, 4.69) is 11.3 Å². The number of aliphatic hydroxyl groups is 1. The maximum Gasteiger partial charge on any atom is 0.330 e. The number of carbonyl (C=O) groups is 1. The molecule has 0 aromatic rings. The molecule has 0 unspecified atom stereocenters. The van der Waals surface area contributed by atoms with E-state index in [1.54, 1.807) is 6.92 Å². The third-order valence-electron chi connectivity index (χ3n) is 1.78. The molecule has 1 fully saturated rings. The Balaban J connectivity index is 0.000000223. The Morgan fingerprint density at radius 1 is 1.62 bits per heavy atom. The highest BCUT2D eigenvalue weighted by atomic mass is 16.5. The third kappa shape index (κ3) is 7.53. The van der Waals surface area contributed by atoms with Gasteiger partial charge in [-0.15, -0.1) is 0 Å². The summed E-state index contributed by atoms with van der Waals surface area (Å²) in [5, 5.41) is 8.73. The van der Waals surface area contributed by atoms with Crippen molar-refractivity contribution in [3.05, 3.63) is 12.7 Å². The summed E-state index contributed by atoms with van der Waals surface area (Å²) in [6, 6.07) is 0. The normalized spacial score (nSPS) is 15.8. The molecule has 1 aliphatic rings. The molecule has 1 N–H and O–H groups in total. The molecule has 0 bridgehead atoms. The van der Waals surface area contributed by atoms with E-state index in [4.69, 9.17) is 5.11 Å². The van der Waals surface area contributed by atoms with E-state index in [1.807, 2.05) is 0 Å². The molecule has 0 aromatic heterocycles. The lowest BCUT2D eigenvalue weighted by Gasteiger charge is -1.91. The first kappa shape index (κ1) is 12.2. The number of ether oxygens (including phenoxy) is 1. The quantitative estimate of drug-likeness (QED) is 0.527. The maximum atomic E-state index is 10.1. The maximum absolute atomic E-state index is 10.1. The number of carbonyl (C=O) groups excluding carboxylic acids is 1.